The summed E-state index contributed by atoms with van der Waals surface area (Å²) in [6.45, 7) is 4.99. The molecule has 0 radical (unpaired) electrons. The van der Waals surface area contributed by atoms with Crippen LogP contribution in [0.25, 0.3) is 5.69 Å². The normalized spacial score (nSPS) is 11.5. The lowest BCUT2D eigenvalue weighted by Gasteiger charge is -2.12. The maximum absolute atomic E-state index is 4.62. The number of nitrogens with zero attached hydrogens (tertiary/aromatic N) is 5. The molecule has 0 spiro atoms. The first-order valence-electron chi connectivity index (χ1n) is 8.44. The van der Waals surface area contributed by atoms with Crippen LogP contribution in [0.1, 0.15) is 12.7 Å². The Balaban J connectivity index is 1.62. The number of aromatic nitrogens is 4. The average Bonchev–Trinajstić information content (AvgIpc) is 3.32. The van der Waals surface area contributed by atoms with Gasteiger partial charge in [-0.1, -0.05) is 18.2 Å². The molecule has 130 valence electrons. The largest absolute Gasteiger partial charge is 0.357 e. The van der Waals surface area contributed by atoms with Crippen molar-refractivity contribution in [3.05, 3.63) is 67.0 Å². The minimum absolute atomic E-state index is 0.452. The Kier molecular flexibility index (Phi) is 5.82. The van der Waals surface area contributed by atoms with Gasteiger partial charge >= 0.3 is 0 Å². The first-order valence-corrected chi connectivity index (χ1v) is 8.44. The summed E-state index contributed by atoms with van der Waals surface area (Å²) < 4.78 is 4.08. The van der Waals surface area contributed by atoms with Crippen molar-refractivity contribution in [3.8, 4) is 5.69 Å². The van der Waals surface area contributed by atoms with Gasteiger partial charge in [-0.2, -0.15) is 0 Å². The Labute approximate surface area is 147 Å². The first-order chi connectivity index (χ1) is 12.4. The highest BCUT2D eigenvalue weighted by Gasteiger charge is 2.06. The molecule has 0 saturated heterocycles. The molecule has 0 aliphatic carbocycles. The molecule has 0 atom stereocenters. The number of guanidine groups is 1. The minimum Gasteiger partial charge on any atom is -0.357 e. The highest BCUT2D eigenvalue weighted by molar-refractivity contribution is 5.79. The predicted octanol–water partition coefficient (Wildman–Crippen LogP) is 1.82. The third-order valence-electron chi connectivity index (χ3n) is 3.70. The first kappa shape index (κ1) is 16.8. The van der Waals surface area contributed by atoms with Crippen molar-refractivity contribution < 1.29 is 0 Å². The second-order valence-corrected chi connectivity index (χ2v) is 5.50. The number of rotatable bonds is 7. The summed E-state index contributed by atoms with van der Waals surface area (Å²) in [6.07, 6.45) is 5.81. The summed E-state index contributed by atoms with van der Waals surface area (Å²) in [6, 6.07) is 14.1. The fourth-order valence-corrected chi connectivity index (χ4v) is 2.49. The topological polar surface area (TPSA) is 72.1 Å². The molecule has 3 rings (SSSR count). The van der Waals surface area contributed by atoms with Gasteiger partial charge < -0.3 is 15.2 Å². The summed E-state index contributed by atoms with van der Waals surface area (Å²) >= 11 is 0. The molecule has 0 bridgehead atoms. The van der Waals surface area contributed by atoms with Crippen LogP contribution in [0.3, 0.4) is 0 Å². The van der Waals surface area contributed by atoms with E-state index in [0.717, 1.165) is 37.1 Å². The standard InChI is InChI=1S/C18H23N7/c1-2-19-18(20-10-13-24-11-6-7-12-24)21-14-17-23-22-15-25(17)16-8-4-3-5-9-16/h3-9,11-12,15H,2,10,13-14H2,1H3,(H2,19,20,21). The van der Waals surface area contributed by atoms with E-state index in [9.17, 15) is 0 Å². The zero-order valence-corrected chi connectivity index (χ0v) is 14.3. The van der Waals surface area contributed by atoms with Crippen molar-refractivity contribution in [2.45, 2.75) is 20.0 Å². The molecule has 2 heterocycles. The van der Waals surface area contributed by atoms with Gasteiger partial charge in [-0.25, -0.2) is 4.99 Å². The van der Waals surface area contributed by atoms with Gasteiger partial charge in [0.05, 0.1) is 0 Å². The van der Waals surface area contributed by atoms with Crippen molar-refractivity contribution in [1.29, 1.82) is 0 Å². The third-order valence-corrected chi connectivity index (χ3v) is 3.70. The number of benzene rings is 1. The number of hydrogen-bond acceptors (Lipinski definition) is 3. The molecule has 0 fully saturated rings. The lowest BCUT2D eigenvalue weighted by Crippen LogP contribution is -2.38. The van der Waals surface area contributed by atoms with Gasteiger partial charge in [0.25, 0.3) is 0 Å². The Morgan fingerprint density at radius 1 is 1.08 bits per heavy atom. The number of aliphatic imine (C=N–C) groups is 1. The molecular weight excluding hydrogens is 314 g/mol. The van der Waals surface area contributed by atoms with Gasteiger partial charge in [-0.05, 0) is 31.2 Å². The van der Waals surface area contributed by atoms with E-state index in [4.69, 9.17) is 0 Å². The van der Waals surface area contributed by atoms with Crippen molar-refractivity contribution >= 4 is 5.96 Å². The van der Waals surface area contributed by atoms with Crippen LogP contribution in [-0.2, 0) is 13.1 Å². The molecule has 25 heavy (non-hydrogen) atoms. The van der Waals surface area contributed by atoms with Crippen LogP contribution in [0.4, 0.5) is 0 Å². The van der Waals surface area contributed by atoms with Crippen LogP contribution in [0.5, 0.6) is 0 Å². The van der Waals surface area contributed by atoms with Crippen LogP contribution in [0.2, 0.25) is 0 Å². The summed E-state index contributed by atoms with van der Waals surface area (Å²) in [5, 5.41) is 14.8. The van der Waals surface area contributed by atoms with Gasteiger partial charge in [0, 0.05) is 37.7 Å². The van der Waals surface area contributed by atoms with Gasteiger partial charge in [-0.15, -0.1) is 10.2 Å². The number of hydrogen-bond donors (Lipinski definition) is 2. The molecule has 7 nitrogen and oxygen atoms in total. The Morgan fingerprint density at radius 3 is 2.64 bits per heavy atom. The van der Waals surface area contributed by atoms with E-state index in [1.807, 2.05) is 59.4 Å². The average molecular weight is 337 g/mol. The van der Waals surface area contributed by atoms with Crippen molar-refractivity contribution in [1.82, 2.24) is 30.0 Å². The Hall–Kier alpha value is -3.09. The Morgan fingerprint density at radius 2 is 1.88 bits per heavy atom. The highest BCUT2D eigenvalue weighted by Crippen LogP contribution is 2.09. The third kappa shape index (κ3) is 4.69. The molecule has 3 aromatic rings. The van der Waals surface area contributed by atoms with E-state index in [1.54, 1.807) is 6.33 Å². The lowest BCUT2D eigenvalue weighted by molar-refractivity contribution is 0.664. The molecule has 2 aromatic heterocycles. The maximum Gasteiger partial charge on any atom is 0.191 e. The molecule has 2 N–H and O–H groups in total. The molecule has 0 amide bonds. The van der Waals surface area contributed by atoms with Crippen LogP contribution >= 0.6 is 0 Å². The smallest absolute Gasteiger partial charge is 0.191 e. The zero-order valence-electron chi connectivity index (χ0n) is 14.3. The summed E-state index contributed by atoms with van der Waals surface area (Å²) in [5.41, 5.74) is 1.03. The SMILES string of the molecule is CCNC(=NCc1nncn1-c1ccccc1)NCCn1cccc1. The fraction of sp³-hybridized carbons (Fsp3) is 0.278. The highest BCUT2D eigenvalue weighted by atomic mass is 15.3. The van der Waals surface area contributed by atoms with Crippen molar-refractivity contribution in [2.24, 2.45) is 4.99 Å². The second-order valence-electron chi connectivity index (χ2n) is 5.50. The van der Waals surface area contributed by atoms with E-state index in [2.05, 4.69) is 37.3 Å². The maximum atomic E-state index is 4.62. The van der Waals surface area contributed by atoms with Crippen LogP contribution < -0.4 is 10.6 Å². The summed E-state index contributed by atoms with van der Waals surface area (Å²) in [7, 11) is 0. The summed E-state index contributed by atoms with van der Waals surface area (Å²) in [4.78, 5) is 4.62. The second kappa shape index (κ2) is 8.68. The van der Waals surface area contributed by atoms with Crippen LogP contribution in [0, 0.1) is 0 Å². The van der Waals surface area contributed by atoms with E-state index < -0.39 is 0 Å². The van der Waals surface area contributed by atoms with E-state index in [1.165, 1.54) is 0 Å². The lowest BCUT2D eigenvalue weighted by atomic mass is 10.3. The quantitative estimate of drug-likeness (QED) is 0.510. The van der Waals surface area contributed by atoms with Gasteiger partial charge in [0.2, 0.25) is 0 Å². The van der Waals surface area contributed by atoms with Crippen molar-refractivity contribution in [2.75, 3.05) is 13.1 Å². The molecule has 0 aliphatic heterocycles. The van der Waals surface area contributed by atoms with Crippen molar-refractivity contribution in [3.63, 3.8) is 0 Å². The van der Waals surface area contributed by atoms with Gasteiger partial charge in [0.15, 0.2) is 11.8 Å². The van der Waals surface area contributed by atoms with E-state index in [0.29, 0.717) is 6.54 Å². The molecule has 0 aliphatic rings. The van der Waals surface area contributed by atoms with E-state index in [-0.39, 0.29) is 0 Å². The van der Waals surface area contributed by atoms with Gasteiger partial charge in [-0.3, -0.25) is 4.57 Å². The molecular formula is C18H23N7. The minimum atomic E-state index is 0.452. The summed E-state index contributed by atoms with van der Waals surface area (Å²) in [5.74, 6) is 1.58. The van der Waals surface area contributed by atoms with Crippen LogP contribution in [-0.4, -0.2) is 38.4 Å². The number of para-hydroxylation sites is 1. The van der Waals surface area contributed by atoms with Crippen LogP contribution in [0.15, 0.2) is 66.2 Å². The zero-order chi connectivity index (χ0) is 17.3. The molecule has 0 unspecified atom stereocenters. The monoisotopic (exact) mass is 337 g/mol. The fourth-order valence-electron chi connectivity index (χ4n) is 2.49. The molecule has 7 heteroatoms. The molecule has 1 aromatic carbocycles. The van der Waals surface area contributed by atoms with Gasteiger partial charge in [0.1, 0.15) is 12.9 Å². The Bertz CT molecular complexity index is 775. The predicted molar refractivity (Wildman–Crippen MR) is 98.6 cm³/mol. The number of nitrogens with one attached hydrogen (secondary N) is 2. The molecule has 0 saturated carbocycles. The van der Waals surface area contributed by atoms with E-state index >= 15 is 0 Å².